The third-order valence-corrected chi connectivity index (χ3v) is 3.13. The van der Waals surface area contributed by atoms with Gasteiger partial charge in [0.1, 0.15) is 15.0 Å². The minimum absolute atomic E-state index is 0.0893. The molecule has 0 spiro atoms. The Hall–Kier alpha value is -1.54. The van der Waals surface area contributed by atoms with Gasteiger partial charge in [0.25, 0.3) is 5.91 Å². The van der Waals surface area contributed by atoms with Crippen molar-refractivity contribution >= 4 is 49.3 Å². The molecule has 0 radical (unpaired) electrons. The number of nitrogens with two attached hydrogens (primary N) is 1. The first-order valence-corrected chi connectivity index (χ1v) is 6.60. The SMILES string of the molecule is Nc1cc(C(=O)Nc2ncc(Br)nc2Br)ccc1F. The largest absolute Gasteiger partial charge is 0.396 e. The van der Waals surface area contributed by atoms with Crippen LogP contribution in [0.1, 0.15) is 10.4 Å². The zero-order chi connectivity index (χ0) is 14.0. The molecule has 2 rings (SSSR count). The Morgan fingerprint density at radius 2 is 2.11 bits per heavy atom. The zero-order valence-electron chi connectivity index (χ0n) is 9.32. The van der Waals surface area contributed by atoms with Crippen molar-refractivity contribution in [1.82, 2.24) is 9.97 Å². The van der Waals surface area contributed by atoms with E-state index in [0.29, 0.717) is 9.21 Å². The summed E-state index contributed by atoms with van der Waals surface area (Å²) in [5.41, 5.74) is 5.55. The Morgan fingerprint density at radius 3 is 2.74 bits per heavy atom. The summed E-state index contributed by atoms with van der Waals surface area (Å²) >= 11 is 6.32. The molecule has 0 saturated heterocycles. The van der Waals surface area contributed by atoms with Gasteiger partial charge in [-0.2, -0.15) is 0 Å². The first-order chi connectivity index (χ1) is 8.97. The third kappa shape index (κ3) is 3.27. The number of halogens is 3. The summed E-state index contributed by atoms with van der Waals surface area (Å²) in [4.78, 5) is 19.9. The molecule has 19 heavy (non-hydrogen) atoms. The molecule has 98 valence electrons. The molecule has 0 unspecified atom stereocenters. The van der Waals surface area contributed by atoms with Crippen LogP contribution in [0.15, 0.2) is 33.6 Å². The second kappa shape index (κ2) is 5.62. The molecular formula is C11H7Br2FN4O. The summed E-state index contributed by atoms with van der Waals surface area (Å²) in [6, 6.07) is 3.72. The molecule has 0 aliphatic heterocycles. The number of hydrogen-bond acceptors (Lipinski definition) is 4. The van der Waals surface area contributed by atoms with Gasteiger partial charge in [0.05, 0.1) is 11.9 Å². The first-order valence-electron chi connectivity index (χ1n) is 5.02. The van der Waals surface area contributed by atoms with Crippen LogP contribution in [0.5, 0.6) is 0 Å². The van der Waals surface area contributed by atoms with Gasteiger partial charge in [-0.3, -0.25) is 4.79 Å². The number of benzene rings is 1. The van der Waals surface area contributed by atoms with Gasteiger partial charge in [-0.05, 0) is 50.1 Å². The van der Waals surface area contributed by atoms with Crippen molar-refractivity contribution in [1.29, 1.82) is 0 Å². The van der Waals surface area contributed by atoms with Crippen LogP contribution in [0.4, 0.5) is 15.9 Å². The number of nitrogen functional groups attached to an aromatic ring is 1. The van der Waals surface area contributed by atoms with Gasteiger partial charge in [-0.1, -0.05) is 0 Å². The van der Waals surface area contributed by atoms with Crippen molar-refractivity contribution in [3.63, 3.8) is 0 Å². The Bertz CT molecular complexity index is 651. The molecule has 8 heteroatoms. The normalized spacial score (nSPS) is 10.3. The molecule has 0 atom stereocenters. The summed E-state index contributed by atoms with van der Waals surface area (Å²) in [6.07, 6.45) is 1.44. The number of amides is 1. The van der Waals surface area contributed by atoms with Gasteiger partial charge in [-0.15, -0.1) is 0 Å². The molecule has 1 amide bonds. The number of nitrogens with zero attached hydrogens (tertiary/aromatic N) is 2. The van der Waals surface area contributed by atoms with E-state index in [2.05, 4.69) is 47.1 Å². The van der Waals surface area contributed by atoms with Crippen LogP contribution in [0, 0.1) is 5.82 Å². The van der Waals surface area contributed by atoms with E-state index >= 15 is 0 Å². The summed E-state index contributed by atoms with van der Waals surface area (Å²) in [7, 11) is 0. The Balaban J connectivity index is 2.23. The number of carbonyl (C=O) groups is 1. The maximum Gasteiger partial charge on any atom is 0.256 e. The number of carbonyl (C=O) groups excluding carboxylic acids is 1. The molecule has 3 N–H and O–H groups in total. The van der Waals surface area contributed by atoms with Crippen LogP contribution < -0.4 is 11.1 Å². The highest BCUT2D eigenvalue weighted by Crippen LogP contribution is 2.20. The minimum atomic E-state index is -0.568. The van der Waals surface area contributed by atoms with E-state index in [1.807, 2.05) is 0 Å². The highest BCUT2D eigenvalue weighted by atomic mass is 79.9. The van der Waals surface area contributed by atoms with Crippen molar-refractivity contribution in [2.45, 2.75) is 0 Å². The monoisotopic (exact) mass is 388 g/mol. The van der Waals surface area contributed by atoms with Crippen LogP contribution in [-0.4, -0.2) is 15.9 Å². The Kier molecular flexibility index (Phi) is 4.11. The number of hydrogen-bond donors (Lipinski definition) is 2. The number of aromatic nitrogens is 2. The number of nitrogens with one attached hydrogen (secondary N) is 1. The first kappa shape index (κ1) is 13.9. The predicted octanol–water partition coefficient (Wildman–Crippen LogP) is 2.98. The van der Waals surface area contributed by atoms with Crippen LogP contribution >= 0.6 is 31.9 Å². The van der Waals surface area contributed by atoms with Crippen molar-refractivity contribution in [3.05, 3.63) is 45.0 Å². The Labute approximate surface area is 124 Å². The lowest BCUT2D eigenvalue weighted by atomic mass is 10.2. The predicted molar refractivity (Wildman–Crippen MR) is 76.2 cm³/mol. The van der Waals surface area contributed by atoms with E-state index in [-0.39, 0.29) is 17.1 Å². The summed E-state index contributed by atoms with van der Waals surface area (Å²) in [5.74, 6) is -0.763. The quantitative estimate of drug-likeness (QED) is 0.773. The molecule has 0 fully saturated rings. The molecule has 0 saturated carbocycles. The molecule has 1 aromatic carbocycles. The van der Waals surface area contributed by atoms with Gasteiger partial charge in [0.2, 0.25) is 0 Å². The fourth-order valence-corrected chi connectivity index (χ4v) is 2.21. The molecule has 5 nitrogen and oxygen atoms in total. The number of anilines is 2. The average molecular weight is 390 g/mol. The summed E-state index contributed by atoms with van der Waals surface area (Å²) in [6.45, 7) is 0. The van der Waals surface area contributed by atoms with Gasteiger partial charge in [0.15, 0.2) is 5.82 Å². The van der Waals surface area contributed by atoms with E-state index in [4.69, 9.17) is 5.73 Å². The summed E-state index contributed by atoms with van der Waals surface area (Å²) < 4.78 is 13.9. The van der Waals surface area contributed by atoms with E-state index in [1.165, 1.54) is 18.3 Å². The molecule has 2 aromatic rings. The van der Waals surface area contributed by atoms with E-state index in [1.54, 1.807) is 0 Å². The molecular weight excluding hydrogens is 383 g/mol. The second-order valence-corrected chi connectivity index (χ2v) is 5.09. The standard InChI is InChI=1S/C11H7Br2FN4O/c12-8-4-16-10(9(13)17-8)18-11(19)5-1-2-6(14)7(15)3-5/h1-4H,15H2,(H,16,18,19). The number of rotatable bonds is 2. The van der Waals surface area contributed by atoms with Gasteiger partial charge in [0, 0.05) is 5.56 Å². The average Bonchev–Trinajstić information content (AvgIpc) is 2.36. The molecule has 1 heterocycles. The fraction of sp³-hybridized carbons (Fsp3) is 0. The van der Waals surface area contributed by atoms with Crippen molar-refractivity contribution in [2.24, 2.45) is 0 Å². The smallest absolute Gasteiger partial charge is 0.256 e. The maximum atomic E-state index is 13.0. The summed E-state index contributed by atoms with van der Waals surface area (Å²) in [5, 5.41) is 2.54. The lowest BCUT2D eigenvalue weighted by molar-refractivity contribution is 0.102. The highest BCUT2D eigenvalue weighted by molar-refractivity contribution is 9.11. The second-order valence-electron chi connectivity index (χ2n) is 3.52. The zero-order valence-corrected chi connectivity index (χ0v) is 12.5. The lowest BCUT2D eigenvalue weighted by Crippen LogP contribution is -2.14. The fourth-order valence-electron chi connectivity index (χ4n) is 1.30. The Morgan fingerprint density at radius 1 is 1.37 bits per heavy atom. The van der Waals surface area contributed by atoms with Crippen LogP contribution in [0.2, 0.25) is 0 Å². The third-order valence-electron chi connectivity index (χ3n) is 2.19. The highest BCUT2D eigenvalue weighted by Gasteiger charge is 2.12. The van der Waals surface area contributed by atoms with Crippen molar-refractivity contribution in [3.8, 4) is 0 Å². The van der Waals surface area contributed by atoms with Crippen molar-refractivity contribution < 1.29 is 9.18 Å². The molecule has 0 bridgehead atoms. The molecule has 0 aliphatic rings. The van der Waals surface area contributed by atoms with Gasteiger partial charge in [-0.25, -0.2) is 14.4 Å². The van der Waals surface area contributed by atoms with Crippen LogP contribution in [-0.2, 0) is 0 Å². The minimum Gasteiger partial charge on any atom is -0.396 e. The molecule has 0 aliphatic carbocycles. The van der Waals surface area contributed by atoms with Crippen LogP contribution in [0.3, 0.4) is 0 Å². The van der Waals surface area contributed by atoms with Crippen LogP contribution in [0.25, 0.3) is 0 Å². The van der Waals surface area contributed by atoms with Crippen molar-refractivity contribution in [2.75, 3.05) is 11.1 Å². The van der Waals surface area contributed by atoms with E-state index in [9.17, 15) is 9.18 Å². The van der Waals surface area contributed by atoms with E-state index < -0.39 is 11.7 Å². The molecule has 1 aromatic heterocycles. The van der Waals surface area contributed by atoms with E-state index in [0.717, 1.165) is 6.07 Å². The lowest BCUT2D eigenvalue weighted by Gasteiger charge is -2.06. The maximum absolute atomic E-state index is 13.0. The van der Waals surface area contributed by atoms with Gasteiger partial charge >= 0.3 is 0 Å². The van der Waals surface area contributed by atoms with Gasteiger partial charge < -0.3 is 11.1 Å². The topological polar surface area (TPSA) is 80.9 Å².